The summed E-state index contributed by atoms with van der Waals surface area (Å²) < 4.78 is 60.0. The highest BCUT2D eigenvalue weighted by Gasteiger charge is 2.56. The molecular formula is C29H40FN6O8P. The molecule has 5 rings (SSSR count). The highest BCUT2D eigenvalue weighted by molar-refractivity contribution is 7.52. The molecular weight excluding hydrogens is 610 g/mol. The minimum absolute atomic E-state index is 0.111. The molecule has 2 aliphatic rings. The highest BCUT2D eigenvalue weighted by Crippen LogP contribution is 2.48. The van der Waals surface area contributed by atoms with E-state index in [-0.39, 0.29) is 34.8 Å². The van der Waals surface area contributed by atoms with Crippen molar-refractivity contribution >= 4 is 30.8 Å². The monoisotopic (exact) mass is 650 g/mol. The average Bonchev–Trinajstić information content (AvgIpc) is 3.72. The number of aromatic nitrogens is 4. The van der Waals surface area contributed by atoms with Crippen molar-refractivity contribution in [3.8, 4) is 11.6 Å². The van der Waals surface area contributed by atoms with E-state index in [9.17, 15) is 14.5 Å². The first-order valence-corrected chi connectivity index (χ1v) is 16.7. The maximum absolute atomic E-state index is 16.2. The van der Waals surface area contributed by atoms with Crippen LogP contribution in [0.15, 0.2) is 36.7 Å². The summed E-state index contributed by atoms with van der Waals surface area (Å²) in [6, 6.07) is 7.15. The fourth-order valence-electron chi connectivity index (χ4n) is 5.29. The molecule has 3 heterocycles. The lowest BCUT2D eigenvalue weighted by Gasteiger charge is -2.25. The first kappa shape index (κ1) is 33.0. The summed E-state index contributed by atoms with van der Waals surface area (Å²) in [7, 11) is -4.30. The fraction of sp³-hybridized carbons (Fsp3) is 0.586. The zero-order valence-corrected chi connectivity index (χ0v) is 26.4. The molecule has 2 fully saturated rings. The van der Waals surface area contributed by atoms with E-state index in [1.165, 1.54) is 17.8 Å². The molecule has 6 atom stereocenters. The number of carbonyl (C=O) groups is 1. The standard InChI is InChI=1S/C29H40FN6O8P/c1-4-5-15-40-25-22-24(33-28(31)34-25)36(17-32-22)27-29(3,30)23(37)21(43-27)16-41-45(39,44-20-13-7-6-8-14-20)35-18(2)26(38)42-19-11-9-10-12-19/h6-8,13-14,17-19,21,23,27,37H,4-5,9-12,15-16H2,1-3H3,(H,35,39)(H2,31,33,34)/t18-,21+,23+,27+,29+,45?/m0/s1. The van der Waals surface area contributed by atoms with Gasteiger partial charge in [-0.15, -0.1) is 0 Å². The fourth-order valence-corrected chi connectivity index (χ4v) is 6.79. The Bertz CT molecular complexity index is 1500. The Kier molecular flexibility index (Phi) is 10.2. The number of alkyl halides is 1. The zero-order valence-electron chi connectivity index (χ0n) is 25.5. The number of nitrogens with one attached hydrogen (secondary N) is 1. The maximum atomic E-state index is 16.2. The van der Waals surface area contributed by atoms with Gasteiger partial charge in [0, 0.05) is 0 Å². The largest absolute Gasteiger partial charge is 0.476 e. The summed E-state index contributed by atoms with van der Waals surface area (Å²) in [5.74, 6) is -0.373. The van der Waals surface area contributed by atoms with Crippen LogP contribution in [-0.2, 0) is 23.4 Å². The number of aliphatic hydroxyl groups is 1. The molecule has 0 amide bonds. The molecule has 1 saturated carbocycles. The van der Waals surface area contributed by atoms with Gasteiger partial charge in [-0.2, -0.15) is 15.1 Å². The predicted molar refractivity (Wildman–Crippen MR) is 161 cm³/mol. The number of carbonyl (C=O) groups excluding carboxylic acids is 1. The number of rotatable bonds is 14. The lowest BCUT2D eigenvalue weighted by Crippen LogP contribution is -2.41. The Morgan fingerprint density at radius 2 is 2.02 bits per heavy atom. The van der Waals surface area contributed by atoms with E-state index < -0.39 is 50.5 Å². The van der Waals surface area contributed by atoms with Gasteiger partial charge in [-0.3, -0.25) is 13.9 Å². The van der Waals surface area contributed by atoms with Crippen LogP contribution in [0.1, 0.15) is 65.5 Å². The molecule has 0 spiro atoms. The van der Waals surface area contributed by atoms with Gasteiger partial charge >= 0.3 is 13.7 Å². The van der Waals surface area contributed by atoms with Gasteiger partial charge in [-0.25, -0.2) is 13.9 Å². The highest BCUT2D eigenvalue weighted by atomic mass is 31.2. The summed E-state index contributed by atoms with van der Waals surface area (Å²) in [5.41, 5.74) is 3.93. The van der Waals surface area contributed by atoms with Crippen molar-refractivity contribution in [1.29, 1.82) is 0 Å². The van der Waals surface area contributed by atoms with Crippen LogP contribution < -0.4 is 20.1 Å². The van der Waals surface area contributed by atoms with E-state index in [0.717, 1.165) is 45.4 Å². The number of aliphatic hydroxyl groups excluding tert-OH is 1. The molecule has 0 radical (unpaired) electrons. The van der Waals surface area contributed by atoms with Crippen LogP contribution >= 0.6 is 7.75 Å². The average molecular weight is 651 g/mol. The van der Waals surface area contributed by atoms with E-state index >= 15 is 4.39 Å². The van der Waals surface area contributed by atoms with Crippen LogP contribution in [-0.4, -0.2) is 73.8 Å². The van der Waals surface area contributed by atoms with E-state index in [0.29, 0.717) is 6.61 Å². The van der Waals surface area contributed by atoms with Crippen LogP contribution in [0.4, 0.5) is 10.3 Å². The molecule has 4 N–H and O–H groups in total. The van der Waals surface area contributed by atoms with Crippen LogP contribution in [0.2, 0.25) is 0 Å². The Morgan fingerprint density at radius 3 is 2.73 bits per heavy atom. The second-order valence-electron chi connectivity index (χ2n) is 11.4. The number of esters is 1. The van der Waals surface area contributed by atoms with Crippen molar-refractivity contribution in [2.45, 2.75) is 95.5 Å². The third-order valence-corrected chi connectivity index (χ3v) is 9.42. The van der Waals surface area contributed by atoms with E-state index in [2.05, 4.69) is 20.0 Å². The smallest absolute Gasteiger partial charge is 0.459 e. The number of anilines is 1. The number of nitrogen functional groups attached to an aromatic ring is 1. The molecule has 45 heavy (non-hydrogen) atoms. The van der Waals surface area contributed by atoms with Gasteiger partial charge in [-0.1, -0.05) is 31.5 Å². The normalized spacial score (nSPS) is 25.7. The third kappa shape index (κ3) is 7.55. The summed E-state index contributed by atoms with van der Waals surface area (Å²) in [6.45, 7) is 4.48. The Morgan fingerprint density at radius 1 is 1.29 bits per heavy atom. The number of halogens is 1. The zero-order chi connectivity index (χ0) is 32.2. The van der Waals surface area contributed by atoms with E-state index in [1.807, 2.05) is 6.92 Å². The molecule has 1 aliphatic carbocycles. The number of ether oxygens (including phenoxy) is 3. The minimum atomic E-state index is -4.30. The number of hydrogen-bond donors (Lipinski definition) is 3. The first-order chi connectivity index (χ1) is 21.5. The molecule has 1 unspecified atom stereocenters. The number of nitrogens with zero attached hydrogens (tertiary/aromatic N) is 4. The number of fused-ring (bicyclic) bond motifs is 1. The Balaban J connectivity index is 1.33. The van der Waals surface area contributed by atoms with Gasteiger partial charge in [0.1, 0.15) is 30.1 Å². The summed E-state index contributed by atoms with van der Waals surface area (Å²) >= 11 is 0. The van der Waals surface area contributed by atoms with Crippen molar-refractivity contribution in [3.05, 3.63) is 36.7 Å². The van der Waals surface area contributed by atoms with Crippen LogP contribution in [0.25, 0.3) is 11.2 Å². The number of benzene rings is 1. The molecule has 0 bridgehead atoms. The van der Waals surface area contributed by atoms with Crippen molar-refractivity contribution in [3.63, 3.8) is 0 Å². The van der Waals surface area contributed by atoms with Crippen LogP contribution in [0.5, 0.6) is 11.6 Å². The third-order valence-electron chi connectivity index (χ3n) is 7.78. The summed E-state index contributed by atoms with van der Waals surface area (Å²) in [6.07, 6.45) is 1.80. The van der Waals surface area contributed by atoms with E-state index in [1.54, 1.807) is 30.3 Å². The van der Waals surface area contributed by atoms with Crippen molar-refractivity contribution < 1.29 is 42.1 Å². The van der Waals surface area contributed by atoms with Gasteiger partial charge in [0.15, 0.2) is 23.1 Å². The molecule has 16 heteroatoms. The lowest BCUT2D eigenvalue weighted by molar-refractivity contribution is -0.150. The first-order valence-electron chi connectivity index (χ1n) is 15.1. The SMILES string of the molecule is CCCCOc1nc(N)nc2c1ncn2[C@@H]1O[C@H](COP(=O)(N[C@@H](C)C(=O)OC2CCCC2)Oc2ccccc2)[C@@H](O)[C@@]1(C)F. The van der Waals surface area contributed by atoms with Crippen molar-refractivity contribution in [2.75, 3.05) is 18.9 Å². The van der Waals surface area contributed by atoms with E-state index in [4.69, 9.17) is 29.0 Å². The molecule has 3 aromatic rings. The van der Waals surface area contributed by atoms with Crippen LogP contribution in [0.3, 0.4) is 0 Å². The van der Waals surface area contributed by atoms with Gasteiger partial charge in [-0.05, 0) is 58.1 Å². The molecule has 2 aromatic heterocycles. The number of unbranched alkanes of at least 4 members (excludes halogenated alkanes) is 1. The number of para-hydroxylation sites is 1. The van der Waals surface area contributed by atoms with Gasteiger partial charge in [0.2, 0.25) is 11.8 Å². The number of imidazole rings is 1. The summed E-state index contributed by atoms with van der Waals surface area (Å²) in [5, 5.41) is 13.6. The van der Waals surface area contributed by atoms with Crippen molar-refractivity contribution in [1.82, 2.24) is 24.6 Å². The Labute approximate surface area is 260 Å². The topological polar surface area (TPSA) is 182 Å². The van der Waals surface area contributed by atoms with Gasteiger partial charge in [0.25, 0.3) is 0 Å². The molecule has 1 aromatic carbocycles. The minimum Gasteiger partial charge on any atom is -0.476 e. The lowest BCUT2D eigenvalue weighted by atomic mass is 9.98. The number of hydrogen-bond acceptors (Lipinski definition) is 12. The van der Waals surface area contributed by atoms with Crippen LogP contribution in [0, 0.1) is 0 Å². The molecule has 246 valence electrons. The second-order valence-corrected chi connectivity index (χ2v) is 13.1. The maximum Gasteiger partial charge on any atom is 0.459 e. The van der Waals surface area contributed by atoms with Gasteiger partial charge in [0.05, 0.1) is 19.5 Å². The van der Waals surface area contributed by atoms with Crippen molar-refractivity contribution in [2.24, 2.45) is 0 Å². The number of nitrogens with two attached hydrogens (primary N) is 1. The predicted octanol–water partition coefficient (Wildman–Crippen LogP) is 4.24. The second kappa shape index (κ2) is 14.0. The Hall–Kier alpha value is -3.36. The molecule has 14 nitrogen and oxygen atoms in total. The van der Waals surface area contributed by atoms with Gasteiger partial charge < -0.3 is 29.6 Å². The quantitative estimate of drug-likeness (QED) is 0.128. The molecule has 1 saturated heterocycles. The summed E-state index contributed by atoms with van der Waals surface area (Å²) in [4.78, 5) is 25.4. The molecule has 1 aliphatic heterocycles.